The molecule has 50 heavy (non-hydrogen) atoms. The highest BCUT2D eigenvalue weighted by Crippen LogP contribution is 2.45. The molecule has 10 rings (SSSR count). The average Bonchev–Trinajstić information content (AvgIpc) is 3.58. The summed E-state index contributed by atoms with van der Waals surface area (Å²) in [5, 5.41) is 10.2. The van der Waals surface area contributed by atoms with Crippen LogP contribution in [-0.2, 0) is 0 Å². The SMILES string of the molecule is c1ccc(-c2ccc(N(c3ccc(-c4cccc5sc6ccccc6c45)cc3)c3cc4ccc5ccccc5c4c4ccccc34)cc2)cc1. The summed E-state index contributed by atoms with van der Waals surface area (Å²) in [4.78, 5) is 2.43. The molecule has 0 aliphatic carbocycles. The van der Waals surface area contributed by atoms with Crippen LogP contribution in [0.3, 0.4) is 0 Å². The van der Waals surface area contributed by atoms with Gasteiger partial charge < -0.3 is 4.90 Å². The van der Waals surface area contributed by atoms with Crippen molar-refractivity contribution in [2.75, 3.05) is 4.90 Å². The highest BCUT2D eigenvalue weighted by molar-refractivity contribution is 7.25. The maximum Gasteiger partial charge on any atom is 0.0546 e. The summed E-state index contributed by atoms with van der Waals surface area (Å²) in [6, 6.07) is 68.7. The Morgan fingerprint density at radius 2 is 0.920 bits per heavy atom. The summed E-state index contributed by atoms with van der Waals surface area (Å²) in [5.41, 5.74) is 8.31. The first-order valence-electron chi connectivity index (χ1n) is 17.1. The number of hydrogen-bond acceptors (Lipinski definition) is 2. The Hall–Kier alpha value is -6.22. The molecular weight excluding hydrogens is 623 g/mol. The van der Waals surface area contributed by atoms with Crippen molar-refractivity contribution in [1.82, 2.24) is 0 Å². The first kappa shape index (κ1) is 28.8. The third kappa shape index (κ3) is 4.69. The minimum absolute atomic E-state index is 1.12. The molecule has 0 aliphatic rings. The lowest BCUT2D eigenvalue weighted by Crippen LogP contribution is -2.10. The molecule has 0 spiro atoms. The molecule has 1 aromatic heterocycles. The number of fused-ring (bicyclic) bond motifs is 8. The molecule has 234 valence electrons. The van der Waals surface area contributed by atoms with Crippen LogP contribution in [0.25, 0.3) is 74.7 Å². The fourth-order valence-electron chi connectivity index (χ4n) is 7.71. The minimum Gasteiger partial charge on any atom is -0.310 e. The molecular formula is C48H31NS. The van der Waals surface area contributed by atoms with E-state index in [1.54, 1.807) is 0 Å². The van der Waals surface area contributed by atoms with Crippen molar-refractivity contribution in [2.24, 2.45) is 0 Å². The number of benzene rings is 9. The highest BCUT2D eigenvalue weighted by Gasteiger charge is 2.19. The van der Waals surface area contributed by atoms with E-state index in [0.717, 1.165) is 17.1 Å². The van der Waals surface area contributed by atoms with E-state index in [1.165, 1.54) is 74.7 Å². The second-order valence-corrected chi connectivity index (χ2v) is 14.0. The van der Waals surface area contributed by atoms with Gasteiger partial charge in [0.05, 0.1) is 5.69 Å². The van der Waals surface area contributed by atoms with E-state index in [4.69, 9.17) is 0 Å². The maximum absolute atomic E-state index is 2.43. The molecule has 0 N–H and O–H groups in total. The number of hydrogen-bond donors (Lipinski definition) is 0. The van der Waals surface area contributed by atoms with Gasteiger partial charge in [-0.25, -0.2) is 0 Å². The fraction of sp³-hybridized carbons (Fsp3) is 0. The fourth-order valence-corrected chi connectivity index (χ4v) is 8.84. The normalized spacial score (nSPS) is 11.6. The first-order chi connectivity index (χ1) is 24.8. The van der Waals surface area contributed by atoms with Gasteiger partial charge in [0.25, 0.3) is 0 Å². The van der Waals surface area contributed by atoms with Crippen molar-refractivity contribution in [1.29, 1.82) is 0 Å². The number of anilines is 3. The van der Waals surface area contributed by atoms with Crippen LogP contribution in [0.4, 0.5) is 17.1 Å². The van der Waals surface area contributed by atoms with Gasteiger partial charge in [-0.15, -0.1) is 11.3 Å². The molecule has 2 heteroatoms. The summed E-state index contributed by atoms with van der Waals surface area (Å²) in [6.45, 7) is 0. The van der Waals surface area contributed by atoms with Crippen molar-refractivity contribution in [3.05, 3.63) is 188 Å². The van der Waals surface area contributed by atoms with E-state index in [2.05, 4.69) is 193 Å². The Morgan fingerprint density at radius 1 is 0.340 bits per heavy atom. The molecule has 0 radical (unpaired) electrons. The largest absolute Gasteiger partial charge is 0.310 e. The van der Waals surface area contributed by atoms with Gasteiger partial charge in [-0.2, -0.15) is 0 Å². The van der Waals surface area contributed by atoms with Gasteiger partial charge in [-0.3, -0.25) is 0 Å². The van der Waals surface area contributed by atoms with Crippen LogP contribution in [0.1, 0.15) is 0 Å². The Bertz CT molecular complexity index is 2850. The van der Waals surface area contributed by atoms with Gasteiger partial charge in [0.15, 0.2) is 0 Å². The maximum atomic E-state index is 2.43. The van der Waals surface area contributed by atoms with Gasteiger partial charge in [0.2, 0.25) is 0 Å². The Morgan fingerprint density at radius 3 is 1.70 bits per heavy atom. The van der Waals surface area contributed by atoms with E-state index >= 15 is 0 Å². The van der Waals surface area contributed by atoms with Crippen molar-refractivity contribution >= 4 is 80.9 Å². The topological polar surface area (TPSA) is 3.24 Å². The summed E-state index contributed by atoms with van der Waals surface area (Å²) < 4.78 is 2.65. The molecule has 0 aliphatic heterocycles. The van der Waals surface area contributed by atoms with E-state index in [0.29, 0.717) is 0 Å². The van der Waals surface area contributed by atoms with Gasteiger partial charge >= 0.3 is 0 Å². The standard InChI is InChI=1S/C48H31NS/c1-2-11-32(12-3-1)33-23-27-37(28-24-33)49(44-31-36-22-21-34-13-4-5-14-39(34)47(36)42-16-7-6-15-41(42)44)38-29-25-35(26-30-38)40-18-10-20-46-48(40)43-17-8-9-19-45(43)50-46/h1-31H. The molecule has 0 fully saturated rings. The minimum atomic E-state index is 1.12. The molecule has 0 saturated heterocycles. The molecule has 0 amide bonds. The van der Waals surface area contributed by atoms with Gasteiger partial charge in [0, 0.05) is 36.9 Å². The lowest BCUT2D eigenvalue weighted by Gasteiger charge is -2.28. The summed E-state index contributed by atoms with van der Waals surface area (Å²) in [7, 11) is 0. The smallest absolute Gasteiger partial charge is 0.0546 e. The molecule has 0 saturated carbocycles. The monoisotopic (exact) mass is 653 g/mol. The van der Waals surface area contributed by atoms with Crippen molar-refractivity contribution in [3.8, 4) is 22.3 Å². The third-order valence-corrected chi connectivity index (χ3v) is 11.2. The molecule has 1 heterocycles. The second kappa shape index (κ2) is 11.7. The zero-order valence-corrected chi connectivity index (χ0v) is 28.1. The third-order valence-electron chi connectivity index (χ3n) is 10.0. The van der Waals surface area contributed by atoms with E-state index in [9.17, 15) is 0 Å². The van der Waals surface area contributed by atoms with Crippen LogP contribution in [0.2, 0.25) is 0 Å². The van der Waals surface area contributed by atoms with Crippen LogP contribution in [0, 0.1) is 0 Å². The van der Waals surface area contributed by atoms with Crippen molar-refractivity contribution in [2.45, 2.75) is 0 Å². The summed E-state index contributed by atoms with van der Waals surface area (Å²) >= 11 is 1.87. The zero-order chi connectivity index (χ0) is 33.0. The van der Waals surface area contributed by atoms with Crippen LogP contribution in [0.15, 0.2) is 188 Å². The molecule has 0 bridgehead atoms. The van der Waals surface area contributed by atoms with Crippen LogP contribution < -0.4 is 4.90 Å². The number of thiophene rings is 1. The van der Waals surface area contributed by atoms with Crippen molar-refractivity contribution in [3.63, 3.8) is 0 Å². The van der Waals surface area contributed by atoms with Crippen LogP contribution in [-0.4, -0.2) is 0 Å². The second-order valence-electron chi connectivity index (χ2n) is 12.9. The Kier molecular flexibility index (Phi) is 6.75. The first-order valence-corrected chi connectivity index (χ1v) is 17.9. The zero-order valence-electron chi connectivity index (χ0n) is 27.3. The molecule has 1 nitrogen and oxygen atoms in total. The predicted molar refractivity (Wildman–Crippen MR) is 217 cm³/mol. The van der Waals surface area contributed by atoms with Crippen LogP contribution >= 0.6 is 11.3 Å². The molecule has 9 aromatic carbocycles. The van der Waals surface area contributed by atoms with Gasteiger partial charge in [-0.05, 0) is 91.6 Å². The van der Waals surface area contributed by atoms with Gasteiger partial charge in [-0.1, -0.05) is 146 Å². The Balaban J connectivity index is 1.18. The predicted octanol–water partition coefficient (Wildman–Crippen LogP) is 14.3. The van der Waals surface area contributed by atoms with E-state index < -0.39 is 0 Å². The van der Waals surface area contributed by atoms with Crippen molar-refractivity contribution < 1.29 is 0 Å². The van der Waals surface area contributed by atoms with E-state index in [1.807, 2.05) is 11.3 Å². The molecule has 0 atom stereocenters. The van der Waals surface area contributed by atoms with Crippen LogP contribution in [0.5, 0.6) is 0 Å². The number of rotatable bonds is 5. The van der Waals surface area contributed by atoms with E-state index in [-0.39, 0.29) is 0 Å². The highest BCUT2D eigenvalue weighted by atomic mass is 32.1. The average molecular weight is 654 g/mol. The molecule has 0 unspecified atom stereocenters. The summed E-state index contributed by atoms with van der Waals surface area (Å²) in [6.07, 6.45) is 0. The number of nitrogens with zero attached hydrogens (tertiary/aromatic N) is 1. The quantitative estimate of drug-likeness (QED) is 0.167. The summed E-state index contributed by atoms with van der Waals surface area (Å²) in [5.74, 6) is 0. The Labute approximate surface area is 294 Å². The lowest BCUT2D eigenvalue weighted by molar-refractivity contribution is 1.30. The molecule has 10 aromatic rings. The lowest BCUT2D eigenvalue weighted by atomic mass is 9.94. The van der Waals surface area contributed by atoms with Gasteiger partial charge in [0.1, 0.15) is 0 Å².